The number of hydrogen-bond donors (Lipinski definition) is 2. The first kappa shape index (κ1) is 15.4. The molecule has 0 bridgehead atoms. The number of aromatic carboxylic acids is 1. The number of H-pyrrole nitrogens is 1. The molecule has 112 valence electrons. The van der Waals surface area contributed by atoms with E-state index in [-0.39, 0.29) is 16.3 Å². The highest BCUT2D eigenvalue weighted by Crippen LogP contribution is 2.22. The molecule has 8 nitrogen and oxygen atoms in total. The van der Waals surface area contributed by atoms with Crippen LogP contribution in [0, 0.1) is 10.1 Å². The summed E-state index contributed by atoms with van der Waals surface area (Å²) < 4.78 is 0. The third-order valence-electron chi connectivity index (χ3n) is 2.62. The first-order chi connectivity index (χ1) is 10.5. The van der Waals surface area contributed by atoms with Gasteiger partial charge in [0, 0.05) is 12.1 Å². The number of nitrogens with zero attached hydrogens (tertiary/aromatic N) is 3. The molecule has 0 unspecified atom stereocenters. The van der Waals surface area contributed by atoms with Crippen LogP contribution in [0.5, 0.6) is 0 Å². The lowest BCUT2D eigenvalue weighted by Gasteiger charge is -1.97. The van der Waals surface area contributed by atoms with Crippen molar-refractivity contribution in [3.05, 3.63) is 63.2 Å². The monoisotopic (exact) mass is 320 g/mol. The quantitative estimate of drug-likeness (QED) is 0.553. The summed E-state index contributed by atoms with van der Waals surface area (Å²) in [5, 5.41) is 28.9. The van der Waals surface area contributed by atoms with Crippen LogP contribution in [0.15, 0.2) is 42.5 Å². The Labute approximate surface area is 128 Å². The molecular formula is C13H9ClN4O4. The minimum atomic E-state index is -1.21. The smallest absolute Gasteiger partial charge is 0.337 e. The number of aromatic nitrogens is 3. The second-order valence-electron chi connectivity index (χ2n) is 4.04. The van der Waals surface area contributed by atoms with Gasteiger partial charge in [-0.25, -0.2) is 4.79 Å². The normalized spacial score (nSPS) is 9.86. The molecule has 9 heteroatoms. The Morgan fingerprint density at radius 2 is 1.77 bits per heavy atom. The Balaban J connectivity index is 0.000000170. The lowest BCUT2D eigenvalue weighted by molar-refractivity contribution is -0.384. The average molecular weight is 321 g/mol. The molecule has 0 aliphatic carbocycles. The predicted octanol–water partition coefficient (Wildman–Crippen LogP) is 2.90. The molecule has 1 aromatic heterocycles. The number of carbonyl (C=O) groups is 1. The van der Waals surface area contributed by atoms with Crippen molar-refractivity contribution >= 4 is 34.3 Å². The molecule has 0 saturated heterocycles. The largest absolute Gasteiger partial charge is 0.478 e. The SMILES string of the molecule is O=C(O)c1ccc([N+](=O)[O-])cc1Cl.c1ccc2n[nH]nc2c1. The van der Waals surface area contributed by atoms with E-state index in [4.69, 9.17) is 16.7 Å². The van der Waals surface area contributed by atoms with Crippen molar-refractivity contribution < 1.29 is 14.8 Å². The number of nitro benzene ring substituents is 1. The molecule has 3 rings (SSSR count). The molecule has 3 aromatic rings. The Morgan fingerprint density at radius 3 is 2.23 bits per heavy atom. The summed E-state index contributed by atoms with van der Waals surface area (Å²) in [6, 6.07) is 10.9. The summed E-state index contributed by atoms with van der Waals surface area (Å²) in [4.78, 5) is 20.0. The van der Waals surface area contributed by atoms with Gasteiger partial charge in [-0.2, -0.15) is 15.4 Å². The highest BCUT2D eigenvalue weighted by atomic mass is 35.5. The highest BCUT2D eigenvalue weighted by Gasteiger charge is 2.13. The molecule has 0 radical (unpaired) electrons. The third kappa shape index (κ3) is 3.55. The molecule has 0 amide bonds. The van der Waals surface area contributed by atoms with Crippen molar-refractivity contribution in [2.75, 3.05) is 0 Å². The molecule has 0 aliphatic heterocycles. The van der Waals surface area contributed by atoms with E-state index in [2.05, 4.69) is 15.4 Å². The first-order valence-corrected chi connectivity index (χ1v) is 6.29. The second-order valence-corrected chi connectivity index (χ2v) is 4.45. The van der Waals surface area contributed by atoms with Crippen molar-refractivity contribution in [2.24, 2.45) is 0 Å². The van der Waals surface area contributed by atoms with Crippen LogP contribution in [0.4, 0.5) is 5.69 Å². The van der Waals surface area contributed by atoms with Gasteiger partial charge in [0.05, 0.1) is 15.5 Å². The maximum absolute atomic E-state index is 10.4. The Kier molecular flexibility index (Phi) is 4.64. The van der Waals surface area contributed by atoms with E-state index in [9.17, 15) is 14.9 Å². The van der Waals surface area contributed by atoms with Gasteiger partial charge in [-0.05, 0) is 18.2 Å². The van der Waals surface area contributed by atoms with Crippen LogP contribution in [0.1, 0.15) is 10.4 Å². The zero-order valence-corrected chi connectivity index (χ0v) is 11.7. The van der Waals surface area contributed by atoms with Crippen molar-refractivity contribution in [3.63, 3.8) is 0 Å². The molecule has 22 heavy (non-hydrogen) atoms. The molecule has 0 saturated carbocycles. The van der Waals surface area contributed by atoms with Crippen LogP contribution in [-0.4, -0.2) is 31.4 Å². The molecule has 2 N–H and O–H groups in total. The summed E-state index contributed by atoms with van der Waals surface area (Å²) >= 11 is 5.48. The van der Waals surface area contributed by atoms with E-state index < -0.39 is 10.9 Å². The van der Waals surface area contributed by atoms with E-state index in [0.717, 1.165) is 29.2 Å². The number of para-hydroxylation sites is 2. The Hall–Kier alpha value is -3.00. The van der Waals surface area contributed by atoms with Crippen LogP contribution in [0.2, 0.25) is 5.02 Å². The molecular weight excluding hydrogens is 312 g/mol. The Morgan fingerprint density at radius 1 is 1.18 bits per heavy atom. The van der Waals surface area contributed by atoms with Gasteiger partial charge in [-0.3, -0.25) is 10.1 Å². The van der Waals surface area contributed by atoms with Crippen molar-refractivity contribution in [1.82, 2.24) is 15.4 Å². The zero-order valence-electron chi connectivity index (χ0n) is 10.9. The van der Waals surface area contributed by atoms with E-state index in [0.29, 0.717) is 0 Å². The number of benzene rings is 2. The topological polar surface area (TPSA) is 122 Å². The summed E-state index contributed by atoms with van der Waals surface area (Å²) in [5.41, 5.74) is 1.46. The number of halogens is 1. The van der Waals surface area contributed by atoms with Crippen LogP contribution >= 0.6 is 11.6 Å². The van der Waals surface area contributed by atoms with E-state index >= 15 is 0 Å². The summed E-state index contributed by atoms with van der Waals surface area (Å²) in [6.07, 6.45) is 0. The molecule has 0 aliphatic rings. The number of nitro groups is 1. The number of non-ortho nitro benzene ring substituents is 1. The first-order valence-electron chi connectivity index (χ1n) is 5.92. The van der Waals surface area contributed by atoms with Gasteiger partial charge in [0.1, 0.15) is 11.0 Å². The summed E-state index contributed by atoms with van der Waals surface area (Å²) in [6.45, 7) is 0. The summed E-state index contributed by atoms with van der Waals surface area (Å²) in [7, 11) is 0. The fourth-order valence-electron chi connectivity index (χ4n) is 1.58. The van der Waals surface area contributed by atoms with Crippen molar-refractivity contribution in [3.8, 4) is 0 Å². The number of carboxylic acids is 1. The third-order valence-corrected chi connectivity index (χ3v) is 2.93. The van der Waals surface area contributed by atoms with Gasteiger partial charge in [0.15, 0.2) is 0 Å². The highest BCUT2D eigenvalue weighted by molar-refractivity contribution is 6.33. The number of carboxylic acid groups (broad SMARTS) is 1. The fourth-order valence-corrected chi connectivity index (χ4v) is 1.83. The van der Waals surface area contributed by atoms with Crippen LogP contribution < -0.4 is 0 Å². The van der Waals surface area contributed by atoms with Crippen LogP contribution in [0.25, 0.3) is 11.0 Å². The minimum absolute atomic E-state index is 0.137. The molecule has 0 spiro atoms. The number of aromatic amines is 1. The molecule has 1 heterocycles. The zero-order chi connectivity index (χ0) is 16.1. The van der Waals surface area contributed by atoms with Crippen LogP contribution in [0.3, 0.4) is 0 Å². The number of nitrogens with one attached hydrogen (secondary N) is 1. The van der Waals surface area contributed by atoms with Crippen molar-refractivity contribution in [1.29, 1.82) is 0 Å². The second kappa shape index (κ2) is 6.64. The number of fused-ring (bicyclic) bond motifs is 1. The maximum atomic E-state index is 10.4. The number of hydrogen-bond acceptors (Lipinski definition) is 5. The summed E-state index contributed by atoms with van der Waals surface area (Å²) in [5.74, 6) is -1.21. The van der Waals surface area contributed by atoms with Gasteiger partial charge < -0.3 is 5.11 Å². The lowest BCUT2D eigenvalue weighted by Crippen LogP contribution is -1.98. The predicted molar refractivity (Wildman–Crippen MR) is 79.0 cm³/mol. The van der Waals surface area contributed by atoms with E-state index in [1.54, 1.807) is 0 Å². The van der Waals surface area contributed by atoms with Gasteiger partial charge in [-0.1, -0.05) is 23.7 Å². The van der Waals surface area contributed by atoms with Gasteiger partial charge >= 0.3 is 5.97 Å². The van der Waals surface area contributed by atoms with Gasteiger partial charge in [0.2, 0.25) is 0 Å². The fraction of sp³-hybridized carbons (Fsp3) is 0. The van der Waals surface area contributed by atoms with Crippen LogP contribution in [-0.2, 0) is 0 Å². The standard InChI is InChI=1S/C7H4ClNO4.C6H5N3/c8-6-3-4(9(12)13)1-2-5(6)7(10)11;1-2-4-6-5(3-1)7-9-8-6/h1-3H,(H,10,11);1-4H,(H,7,8,9). The minimum Gasteiger partial charge on any atom is -0.478 e. The Bertz CT molecular complexity index is 804. The molecule has 2 aromatic carbocycles. The molecule has 0 atom stereocenters. The maximum Gasteiger partial charge on any atom is 0.337 e. The molecule has 0 fully saturated rings. The van der Waals surface area contributed by atoms with Crippen molar-refractivity contribution in [2.45, 2.75) is 0 Å². The van der Waals surface area contributed by atoms with E-state index in [1.807, 2.05) is 24.3 Å². The van der Waals surface area contributed by atoms with Gasteiger partial charge in [0.25, 0.3) is 5.69 Å². The lowest BCUT2D eigenvalue weighted by atomic mass is 10.2. The average Bonchev–Trinajstić information content (AvgIpc) is 2.95. The van der Waals surface area contributed by atoms with Gasteiger partial charge in [-0.15, -0.1) is 0 Å². The number of rotatable bonds is 2. The van der Waals surface area contributed by atoms with E-state index in [1.165, 1.54) is 0 Å².